The normalized spacial score (nSPS) is 18.2. The largest absolute Gasteiger partial charge is 0.359 e. The molecule has 1 aliphatic heterocycles. The first-order valence-electron chi connectivity index (χ1n) is 8.07. The summed E-state index contributed by atoms with van der Waals surface area (Å²) < 4.78 is 1.67. The maximum Gasteiger partial charge on any atom is 0.244 e. The van der Waals surface area contributed by atoms with Crippen molar-refractivity contribution < 1.29 is 14.4 Å². The molecular formula is C16H25N5O3. The minimum atomic E-state index is -0.425. The van der Waals surface area contributed by atoms with E-state index in [9.17, 15) is 14.4 Å². The van der Waals surface area contributed by atoms with Gasteiger partial charge in [-0.05, 0) is 19.9 Å². The van der Waals surface area contributed by atoms with Gasteiger partial charge in [0.2, 0.25) is 17.7 Å². The maximum absolute atomic E-state index is 12.6. The number of hydrogen-bond acceptors (Lipinski definition) is 4. The number of aryl methyl sites for hydroxylation is 2. The molecule has 8 nitrogen and oxygen atoms in total. The van der Waals surface area contributed by atoms with E-state index < -0.39 is 5.92 Å². The summed E-state index contributed by atoms with van der Waals surface area (Å²) in [4.78, 5) is 39.7. The SMILES string of the molecule is CNC(=O)[C@H]1CN(C(C)=O)CCN(C(=O)Cn2nc(C)cc2C)C1. The standard InChI is InChI=1S/C16H25N5O3/c1-11-7-12(2)21(18-11)10-15(23)20-6-5-19(13(3)22)8-14(9-20)16(24)17-4/h7,14H,5-6,8-10H2,1-4H3,(H,17,24)/t14-/m0/s1. The van der Waals surface area contributed by atoms with Crippen LogP contribution < -0.4 is 5.32 Å². The van der Waals surface area contributed by atoms with Crippen molar-refractivity contribution in [3.8, 4) is 0 Å². The highest BCUT2D eigenvalue weighted by molar-refractivity contribution is 5.82. The first kappa shape index (κ1) is 18.0. The maximum atomic E-state index is 12.6. The average molecular weight is 335 g/mol. The van der Waals surface area contributed by atoms with E-state index in [1.54, 1.807) is 21.5 Å². The molecule has 3 amide bonds. The Kier molecular flexibility index (Phi) is 5.58. The van der Waals surface area contributed by atoms with Gasteiger partial charge in [0.15, 0.2) is 0 Å². The van der Waals surface area contributed by atoms with Crippen molar-refractivity contribution in [2.24, 2.45) is 5.92 Å². The molecule has 0 unspecified atom stereocenters. The molecule has 0 aromatic carbocycles. The Balaban J connectivity index is 2.12. The molecule has 0 radical (unpaired) electrons. The highest BCUT2D eigenvalue weighted by atomic mass is 16.2. The molecular weight excluding hydrogens is 310 g/mol. The molecule has 8 heteroatoms. The predicted octanol–water partition coefficient (Wildman–Crippen LogP) is -0.447. The molecule has 0 spiro atoms. The Bertz CT molecular complexity index is 640. The topological polar surface area (TPSA) is 87.5 Å². The van der Waals surface area contributed by atoms with Crippen LogP contribution in [0.5, 0.6) is 0 Å². The lowest BCUT2D eigenvalue weighted by molar-refractivity contribution is -0.133. The van der Waals surface area contributed by atoms with Gasteiger partial charge in [0.25, 0.3) is 0 Å². The number of nitrogens with one attached hydrogen (secondary N) is 1. The number of rotatable bonds is 3. The summed E-state index contributed by atoms with van der Waals surface area (Å²) in [5, 5.41) is 6.92. The lowest BCUT2D eigenvalue weighted by atomic mass is 10.1. The van der Waals surface area contributed by atoms with E-state index >= 15 is 0 Å². The minimum absolute atomic E-state index is 0.0863. The summed E-state index contributed by atoms with van der Waals surface area (Å²) in [5.41, 5.74) is 1.78. The molecule has 1 aromatic rings. The fourth-order valence-corrected chi connectivity index (χ4v) is 2.96. The molecule has 1 fully saturated rings. The second-order valence-corrected chi connectivity index (χ2v) is 6.20. The van der Waals surface area contributed by atoms with E-state index in [2.05, 4.69) is 10.4 Å². The van der Waals surface area contributed by atoms with Crippen molar-refractivity contribution in [1.82, 2.24) is 24.9 Å². The van der Waals surface area contributed by atoms with Crippen LogP contribution in [0.15, 0.2) is 6.07 Å². The van der Waals surface area contributed by atoms with Crippen molar-refractivity contribution in [2.75, 3.05) is 33.2 Å². The molecule has 1 atom stereocenters. The van der Waals surface area contributed by atoms with Crippen molar-refractivity contribution >= 4 is 17.7 Å². The highest BCUT2D eigenvalue weighted by Gasteiger charge is 2.30. The predicted molar refractivity (Wildman–Crippen MR) is 88.1 cm³/mol. The number of carbonyl (C=O) groups is 3. The second kappa shape index (κ2) is 7.46. The number of amides is 3. The molecule has 132 valence electrons. The van der Waals surface area contributed by atoms with Gasteiger partial charge in [0, 0.05) is 45.8 Å². The monoisotopic (exact) mass is 335 g/mol. The zero-order valence-electron chi connectivity index (χ0n) is 14.7. The number of carbonyl (C=O) groups excluding carboxylic acids is 3. The van der Waals surface area contributed by atoms with Crippen molar-refractivity contribution in [3.63, 3.8) is 0 Å². The lowest BCUT2D eigenvalue weighted by Crippen LogP contribution is -2.42. The van der Waals surface area contributed by atoms with Gasteiger partial charge in [-0.25, -0.2) is 0 Å². The Morgan fingerprint density at radius 2 is 1.83 bits per heavy atom. The van der Waals surface area contributed by atoms with Crippen LogP contribution in [0.4, 0.5) is 0 Å². The van der Waals surface area contributed by atoms with E-state index in [4.69, 9.17) is 0 Å². The van der Waals surface area contributed by atoms with Crippen LogP contribution in [-0.2, 0) is 20.9 Å². The summed E-state index contributed by atoms with van der Waals surface area (Å²) in [6.45, 7) is 6.90. The molecule has 1 N–H and O–H groups in total. The zero-order valence-corrected chi connectivity index (χ0v) is 14.7. The van der Waals surface area contributed by atoms with E-state index in [0.29, 0.717) is 26.2 Å². The van der Waals surface area contributed by atoms with Gasteiger partial charge in [-0.3, -0.25) is 19.1 Å². The summed E-state index contributed by atoms with van der Waals surface area (Å²) in [6.07, 6.45) is 0. The van der Waals surface area contributed by atoms with Gasteiger partial charge in [-0.2, -0.15) is 5.10 Å². The van der Waals surface area contributed by atoms with Gasteiger partial charge >= 0.3 is 0 Å². The number of aromatic nitrogens is 2. The molecule has 1 aliphatic rings. The first-order chi connectivity index (χ1) is 11.3. The van der Waals surface area contributed by atoms with Crippen LogP contribution in [-0.4, -0.2) is 70.5 Å². The minimum Gasteiger partial charge on any atom is -0.359 e. The third-order valence-corrected chi connectivity index (χ3v) is 4.32. The van der Waals surface area contributed by atoms with Gasteiger partial charge in [0.05, 0.1) is 11.6 Å². The van der Waals surface area contributed by atoms with Crippen molar-refractivity contribution in [1.29, 1.82) is 0 Å². The van der Waals surface area contributed by atoms with Crippen LogP contribution in [0.2, 0.25) is 0 Å². The smallest absolute Gasteiger partial charge is 0.244 e. The average Bonchev–Trinajstić information content (AvgIpc) is 2.75. The van der Waals surface area contributed by atoms with Crippen molar-refractivity contribution in [2.45, 2.75) is 27.3 Å². The van der Waals surface area contributed by atoms with Crippen LogP contribution in [0.25, 0.3) is 0 Å². The fourth-order valence-electron chi connectivity index (χ4n) is 2.96. The van der Waals surface area contributed by atoms with Crippen LogP contribution >= 0.6 is 0 Å². The lowest BCUT2D eigenvalue weighted by Gasteiger charge is -2.23. The summed E-state index contributed by atoms with van der Waals surface area (Å²) in [5.74, 6) is -0.768. The fraction of sp³-hybridized carbons (Fsp3) is 0.625. The first-order valence-corrected chi connectivity index (χ1v) is 8.07. The summed E-state index contributed by atoms with van der Waals surface area (Å²) in [6, 6.07) is 1.92. The Morgan fingerprint density at radius 1 is 1.21 bits per heavy atom. The van der Waals surface area contributed by atoms with Gasteiger partial charge < -0.3 is 15.1 Å². The molecule has 1 saturated heterocycles. The molecule has 2 heterocycles. The molecule has 1 aromatic heterocycles. The van der Waals surface area contributed by atoms with Gasteiger partial charge in [-0.1, -0.05) is 0 Å². The third kappa shape index (κ3) is 4.12. The van der Waals surface area contributed by atoms with Crippen LogP contribution in [0.1, 0.15) is 18.3 Å². The van der Waals surface area contributed by atoms with E-state index in [1.165, 1.54) is 6.92 Å². The van der Waals surface area contributed by atoms with Crippen LogP contribution in [0.3, 0.4) is 0 Å². The highest BCUT2D eigenvalue weighted by Crippen LogP contribution is 2.12. The summed E-state index contributed by atoms with van der Waals surface area (Å²) in [7, 11) is 1.56. The quantitative estimate of drug-likeness (QED) is 0.811. The summed E-state index contributed by atoms with van der Waals surface area (Å²) >= 11 is 0. The third-order valence-electron chi connectivity index (χ3n) is 4.32. The van der Waals surface area contributed by atoms with Gasteiger partial charge in [0.1, 0.15) is 6.54 Å². The number of hydrogen-bond donors (Lipinski definition) is 1. The molecule has 0 bridgehead atoms. The van der Waals surface area contributed by atoms with Crippen molar-refractivity contribution in [3.05, 3.63) is 17.5 Å². The Morgan fingerprint density at radius 3 is 2.38 bits per heavy atom. The van der Waals surface area contributed by atoms with E-state index in [0.717, 1.165) is 11.4 Å². The Labute approximate surface area is 141 Å². The van der Waals surface area contributed by atoms with E-state index in [-0.39, 0.29) is 24.3 Å². The molecule has 0 saturated carbocycles. The molecule has 2 rings (SSSR count). The van der Waals surface area contributed by atoms with Crippen LogP contribution in [0, 0.1) is 19.8 Å². The number of nitrogens with zero attached hydrogens (tertiary/aromatic N) is 4. The molecule has 0 aliphatic carbocycles. The second-order valence-electron chi connectivity index (χ2n) is 6.20. The molecule has 24 heavy (non-hydrogen) atoms. The van der Waals surface area contributed by atoms with Gasteiger partial charge in [-0.15, -0.1) is 0 Å². The zero-order chi connectivity index (χ0) is 17.9. The van der Waals surface area contributed by atoms with E-state index in [1.807, 2.05) is 19.9 Å². The Hall–Kier alpha value is -2.38.